The van der Waals surface area contributed by atoms with E-state index in [1.54, 1.807) is 10.9 Å². The van der Waals surface area contributed by atoms with E-state index >= 15 is 0 Å². The van der Waals surface area contributed by atoms with Gasteiger partial charge in [0.05, 0.1) is 5.54 Å². The van der Waals surface area contributed by atoms with Gasteiger partial charge < -0.3 is 5.11 Å². The van der Waals surface area contributed by atoms with Gasteiger partial charge in [0, 0.05) is 15.3 Å². The summed E-state index contributed by atoms with van der Waals surface area (Å²) in [5.74, 6) is -0.955. The number of halogens is 1. The monoisotopic (exact) mass is 370 g/mol. The quantitative estimate of drug-likeness (QED) is 0.822. The molecule has 0 atom stereocenters. The Morgan fingerprint density at radius 3 is 2.32 bits per heavy atom. The Morgan fingerprint density at radius 1 is 1.26 bits per heavy atom. The first-order valence-electron chi connectivity index (χ1n) is 5.88. The molecule has 1 aromatic heterocycles. The number of carboxylic acids is 1. The molecule has 2 rings (SSSR count). The molecule has 0 bridgehead atoms. The molecule has 19 heavy (non-hydrogen) atoms. The highest BCUT2D eigenvalue weighted by Gasteiger charge is 2.22. The van der Waals surface area contributed by atoms with Crippen LogP contribution in [0.1, 0.15) is 31.1 Å². The Kier molecular flexibility index (Phi) is 3.66. The van der Waals surface area contributed by atoms with Crippen LogP contribution in [0.25, 0.3) is 11.3 Å². The van der Waals surface area contributed by atoms with Gasteiger partial charge in [-0.2, -0.15) is 5.10 Å². The molecule has 4 nitrogen and oxygen atoms in total. The zero-order chi connectivity index (χ0) is 14.2. The topological polar surface area (TPSA) is 55.1 Å². The molecule has 1 N–H and O–H groups in total. The molecule has 2 aromatic rings. The molecule has 0 saturated heterocycles. The van der Waals surface area contributed by atoms with E-state index in [1.165, 1.54) is 0 Å². The third-order valence-electron chi connectivity index (χ3n) is 2.75. The van der Waals surface area contributed by atoms with E-state index in [1.807, 2.05) is 45.0 Å². The highest BCUT2D eigenvalue weighted by Crippen LogP contribution is 2.25. The average Bonchev–Trinajstić information content (AvgIpc) is 2.74. The van der Waals surface area contributed by atoms with Gasteiger partial charge >= 0.3 is 5.97 Å². The first-order valence-corrected chi connectivity index (χ1v) is 6.96. The van der Waals surface area contributed by atoms with Gasteiger partial charge in [0.15, 0.2) is 0 Å². The van der Waals surface area contributed by atoms with Crippen LogP contribution in [0.15, 0.2) is 30.5 Å². The largest absolute Gasteiger partial charge is 0.478 e. The van der Waals surface area contributed by atoms with Gasteiger partial charge in [0.1, 0.15) is 11.3 Å². The van der Waals surface area contributed by atoms with Crippen molar-refractivity contribution in [1.82, 2.24) is 9.78 Å². The molecule has 5 heteroatoms. The van der Waals surface area contributed by atoms with E-state index in [-0.39, 0.29) is 11.1 Å². The normalized spacial score (nSPS) is 11.6. The van der Waals surface area contributed by atoms with Gasteiger partial charge in [-0.3, -0.25) is 4.68 Å². The number of aromatic carboxylic acids is 1. The fourth-order valence-electron chi connectivity index (χ4n) is 1.70. The minimum Gasteiger partial charge on any atom is -0.478 e. The maximum Gasteiger partial charge on any atom is 0.339 e. The van der Waals surface area contributed by atoms with E-state index in [4.69, 9.17) is 0 Å². The Hall–Kier alpha value is -1.37. The van der Waals surface area contributed by atoms with Gasteiger partial charge in [-0.15, -0.1) is 0 Å². The van der Waals surface area contributed by atoms with Crippen LogP contribution >= 0.6 is 22.6 Å². The summed E-state index contributed by atoms with van der Waals surface area (Å²) in [5, 5.41) is 13.7. The van der Waals surface area contributed by atoms with E-state index in [0.29, 0.717) is 5.69 Å². The van der Waals surface area contributed by atoms with E-state index in [2.05, 4.69) is 27.7 Å². The third kappa shape index (κ3) is 2.97. The molecule has 100 valence electrons. The minimum atomic E-state index is -0.955. The molecule has 0 saturated carbocycles. The standard InChI is InChI=1S/C14H15IN2O2/c1-14(2,3)17-8-11(13(18)19)12(16-17)9-4-6-10(15)7-5-9/h4-8H,1-3H3,(H,18,19). The van der Waals surface area contributed by atoms with Crippen LogP contribution in [0, 0.1) is 3.57 Å². The number of benzene rings is 1. The van der Waals surface area contributed by atoms with E-state index in [9.17, 15) is 9.90 Å². The summed E-state index contributed by atoms with van der Waals surface area (Å²) in [7, 11) is 0. The van der Waals surface area contributed by atoms with Crippen molar-refractivity contribution in [1.29, 1.82) is 0 Å². The second kappa shape index (κ2) is 4.96. The lowest BCUT2D eigenvalue weighted by molar-refractivity contribution is 0.0697. The van der Waals surface area contributed by atoms with E-state index in [0.717, 1.165) is 9.13 Å². The lowest BCUT2D eigenvalue weighted by atomic mass is 10.1. The Labute approximate surface area is 125 Å². The van der Waals surface area contributed by atoms with Crippen molar-refractivity contribution in [2.45, 2.75) is 26.3 Å². The van der Waals surface area contributed by atoms with Crippen molar-refractivity contribution in [3.8, 4) is 11.3 Å². The molecule has 0 amide bonds. The lowest BCUT2D eigenvalue weighted by Crippen LogP contribution is -2.22. The molecule has 0 unspecified atom stereocenters. The Balaban J connectivity index is 2.58. The number of aromatic nitrogens is 2. The van der Waals surface area contributed by atoms with E-state index < -0.39 is 5.97 Å². The van der Waals surface area contributed by atoms with Gasteiger partial charge in [-0.1, -0.05) is 12.1 Å². The van der Waals surface area contributed by atoms with Crippen molar-refractivity contribution in [2.75, 3.05) is 0 Å². The molecule has 0 aliphatic carbocycles. The van der Waals surface area contributed by atoms with Crippen molar-refractivity contribution in [3.63, 3.8) is 0 Å². The summed E-state index contributed by atoms with van der Waals surface area (Å²) < 4.78 is 2.80. The maximum atomic E-state index is 11.3. The molecule has 0 radical (unpaired) electrons. The molecule has 0 fully saturated rings. The molecule has 0 aliphatic heterocycles. The summed E-state index contributed by atoms with van der Waals surface area (Å²) in [6.45, 7) is 5.97. The van der Waals surface area contributed by atoms with Crippen LogP contribution in [-0.4, -0.2) is 20.9 Å². The maximum absolute atomic E-state index is 11.3. The van der Waals surface area contributed by atoms with Crippen LogP contribution in [0.4, 0.5) is 0 Å². The number of hydrogen-bond donors (Lipinski definition) is 1. The second-order valence-corrected chi connectivity index (χ2v) is 6.56. The summed E-state index contributed by atoms with van der Waals surface area (Å²) >= 11 is 2.21. The first-order chi connectivity index (χ1) is 8.79. The van der Waals surface area contributed by atoms with Crippen LogP contribution in [0.2, 0.25) is 0 Å². The number of carboxylic acid groups (broad SMARTS) is 1. The van der Waals surface area contributed by atoms with Crippen molar-refractivity contribution < 1.29 is 9.90 Å². The SMILES string of the molecule is CC(C)(C)n1cc(C(=O)O)c(-c2ccc(I)cc2)n1. The average molecular weight is 370 g/mol. The minimum absolute atomic E-state index is 0.233. The van der Waals surface area contributed by atoms with Gasteiger partial charge in [-0.05, 0) is 55.5 Å². The fourth-order valence-corrected chi connectivity index (χ4v) is 2.05. The predicted molar refractivity (Wildman–Crippen MR) is 82.3 cm³/mol. The second-order valence-electron chi connectivity index (χ2n) is 5.32. The summed E-state index contributed by atoms with van der Waals surface area (Å²) in [6.07, 6.45) is 1.59. The number of hydrogen-bond acceptors (Lipinski definition) is 2. The fraction of sp³-hybridized carbons (Fsp3) is 0.286. The zero-order valence-corrected chi connectivity index (χ0v) is 13.2. The Morgan fingerprint density at radius 2 is 1.84 bits per heavy atom. The molecule has 1 heterocycles. The Bertz CT molecular complexity index is 609. The highest BCUT2D eigenvalue weighted by atomic mass is 127. The highest BCUT2D eigenvalue weighted by molar-refractivity contribution is 14.1. The predicted octanol–water partition coefficient (Wildman–Crippen LogP) is 3.61. The third-order valence-corrected chi connectivity index (χ3v) is 3.47. The van der Waals surface area contributed by atoms with Crippen molar-refractivity contribution in [3.05, 3.63) is 39.6 Å². The lowest BCUT2D eigenvalue weighted by Gasteiger charge is -2.18. The van der Waals surface area contributed by atoms with Crippen molar-refractivity contribution in [2.24, 2.45) is 0 Å². The molecule has 1 aromatic carbocycles. The summed E-state index contributed by atoms with van der Waals surface area (Å²) in [4.78, 5) is 11.3. The molecular weight excluding hydrogens is 355 g/mol. The van der Waals surface area contributed by atoms with Gasteiger partial charge in [-0.25, -0.2) is 4.79 Å². The number of carbonyl (C=O) groups is 1. The van der Waals surface area contributed by atoms with Gasteiger partial charge in [0.25, 0.3) is 0 Å². The van der Waals surface area contributed by atoms with Crippen molar-refractivity contribution >= 4 is 28.6 Å². The van der Waals surface area contributed by atoms with Crippen LogP contribution < -0.4 is 0 Å². The van der Waals surface area contributed by atoms with Crippen LogP contribution in [0.5, 0.6) is 0 Å². The molecular formula is C14H15IN2O2. The summed E-state index contributed by atoms with van der Waals surface area (Å²) in [6, 6.07) is 7.67. The number of nitrogens with zero attached hydrogens (tertiary/aromatic N) is 2. The smallest absolute Gasteiger partial charge is 0.339 e. The number of rotatable bonds is 2. The molecule has 0 spiro atoms. The first kappa shape index (κ1) is 14.0. The molecule has 0 aliphatic rings. The van der Waals surface area contributed by atoms with Gasteiger partial charge in [0.2, 0.25) is 0 Å². The van der Waals surface area contributed by atoms with Crippen LogP contribution in [-0.2, 0) is 5.54 Å². The summed E-state index contributed by atoms with van der Waals surface area (Å²) in [5.41, 5.74) is 1.32. The van der Waals surface area contributed by atoms with Crippen LogP contribution in [0.3, 0.4) is 0 Å². The zero-order valence-electron chi connectivity index (χ0n) is 11.0.